The molecule has 2 amide bonds. The van der Waals surface area contributed by atoms with Crippen molar-refractivity contribution in [3.63, 3.8) is 0 Å². The molecule has 1 atom stereocenters. The van der Waals surface area contributed by atoms with Crippen LogP contribution in [-0.2, 0) is 32.6 Å². The molecule has 11 heteroatoms. The second-order valence-electron chi connectivity index (χ2n) is 9.97. The van der Waals surface area contributed by atoms with Crippen molar-refractivity contribution >= 4 is 27.5 Å². The summed E-state index contributed by atoms with van der Waals surface area (Å²) in [6.45, 7) is 2.65. The monoisotopic (exact) mass is 595 g/mol. The SMILES string of the molecule is CCCNC(=O)[C@@H](Cc1ccccc1)N(Cc1cccc(OC)c1)C(=O)CN(c1ccc2c(c1)OCCO2)S(C)(=O)=O. The average molecular weight is 596 g/mol. The highest BCUT2D eigenvalue weighted by atomic mass is 32.2. The molecule has 0 unspecified atom stereocenters. The lowest BCUT2D eigenvalue weighted by molar-refractivity contribution is -0.140. The van der Waals surface area contributed by atoms with Gasteiger partial charge in [0.25, 0.3) is 0 Å². The summed E-state index contributed by atoms with van der Waals surface area (Å²) >= 11 is 0. The number of rotatable bonds is 13. The third kappa shape index (κ3) is 7.94. The highest BCUT2D eigenvalue weighted by Gasteiger charge is 2.33. The highest BCUT2D eigenvalue weighted by molar-refractivity contribution is 7.92. The fraction of sp³-hybridized carbons (Fsp3) is 0.355. The molecule has 3 aromatic rings. The molecule has 1 N–H and O–H groups in total. The van der Waals surface area contributed by atoms with E-state index in [-0.39, 0.29) is 24.6 Å². The van der Waals surface area contributed by atoms with E-state index in [9.17, 15) is 18.0 Å². The van der Waals surface area contributed by atoms with E-state index < -0.39 is 28.5 Å². The van der Waals surface area contributed by atoms with Crippen LogP contribution in [-0.4, -0.2) is 70.8 Å². The van der Waals surface area contributed by atoms with Gasteiger partial charge in [-0.3, -0.25) is 13.9 Å². The molecule has 0 spiro atoms. The molecule has 4 rings (SSSR count). The van der Waals surface area contributed by atoms with Crippen molar-refractivity contribution in [3.8, 4) is 17.2 Å². The molecule has 224 valence electrons. The quantitative estimate of drug-likeness (QED) is 0.322. The van der Waals surface area contributed by atoms with Crippen molar-refractivity contribution in [1.29, 1.82) is 0 Å². The first-order chi connectivity index (χ1) is 20.2. The Morgan fingerprint density at radius 1 is 0.952 bits per heavy atom. The Kier molecular flexibility index (Phi) is 10.3. The molecule has 1 aliphatic rings. The van der Waals surface area contributed by atoms with Gasteiger partial charge in [-0.2, -0.15) is 0 Å². The number of carbonyl (C=O) groups is 2. The highest BCUT2D eigenvalue weighted by Crippen LogP contribution is 2.35. The van der Waals surface area contributed by atoms with Gasteiger partial charge in [-0.1, -0.05) is 49.4 Å². The van der Waals surface area contributed by atoms with Gasteiger partial charge < -0.3 is 24.4 Å². The van der Waals surface area contributed by atoms with Gasteiger partial charge in [0.2, 0.25) is 21.8 Å². The van der Waals surface area contributed by atoms with E-state index in [1.165, 1.54) is 4.90 Å². The lowest BCUT2D eigenvalue weighted by atomic mass is 10.0. The van der Waals surface area contributed by atoms with Gasteiger partial charge in [0.1, 0.15) is 31.5 Å². The molecule has 42 heavy (non-hydrogen) atoms. The maximum atomic E-state index is 14.2. The van der Waals surface area contributed by atoms with E-state index in [0.717, 1.165) is 28.1 Å². The predicted octanol–water partition coefficient (Wildman–Crippen LogP) is 3.40. The van der Waals surface area contributed by atoms with Crippen LogP contribution < -0.4 is 23.8 Å². The molecule has 0 fully saturated rings. The van der Waals surface area contributed by atoms with E-state index in [1.807, 2.05) is 43.3 Å². The molecular formula is C31H37N3O7S. The summed E-state index contributed by atoms with van der Waals surface area (Å²) in [5.74, 6) is 0.644. The maximum absolute atomic E-state index is 14.2. The Labute approximate surface area is 247 Å². The Balaban J connectivity index is 1.73. The lowest BCUT2D eigenvalue weighted by Gasteiger charge is -2.33. The standard InChI is InChI=1S/C31H37N3O7S/c1-4-15-32-31(36)27(19-23-9-6-5-7-10-23)33(21-24-11-8-12-26(18-24)39-2)30(35)22-34(42(3,37)38)25-13-14-28-29(20-25)41-17-16-40-28/h5-14,18,20,27H,4,15-17,19,21-22H2,1-3H3,(H,32,36)/t27-/m1/s1. The fourth-order valence-electron chi connectivity index (χ4n) is 4.69. The zero-order valence-corrected chi connectivity index (χ0v) is 24.9. The van der Waals surface area contributed by atoms with Crippen molar-refractivity contribution in [1.82, 2.24) is 10.2 Å². The Morgan fingerprint density at radius 3 is 2.36 bits per heavy atom. The van der Waals surface area contributed by atoms with Crippen LogP contribution in [0.15, 0.2) is 72.8 Å². The Hall–Kier alpha value is -4.25. The van der Waals surface area contributed by atoms with Gasteiger partial charge in [-0.05, 0) is 41.8 Å². The van der Waals surface area contributed by atoms with Gasteiger partial charge in [-0.25, -0.2) is 8.42 Å². The van der Waals surface area contributed by atoms with Crippen LogP contribution >= 0.6 is 0 Å². The minimum Gasteiger partial charge on any atom is -0.497 e. The van der Waals surface area contributed by atoms with Crippen LogP contribution in [0.2, 0.25) is 0 Å². The zero-order valence-electron chi connectivity index (χ0n) is 24.1. The first kappa shape index (κ1) is 30.7. The summed E-state index contributed by atoms with van der Waals surface area (Å²) in [5, 5.41) is 2.93. The van der Waals surface area contributed by atoms with Crippen LogP contribution in [0.3, 0.4) is 0 Å². The van der Waals surface area contributed by atoms with Crippen molar-refractivity contribution in [2.24, 2.45) is 0 Å². The van der Waals surface area contributed by atoms with E-state index >= 15 is 0 Å². The molecule has 0 bridgehead atoms. The number of fused-ring (bicyclic) bond motifs is 1. The molecule has 0 aromatic heterocycles. The third-order valence-corrected chi connectivity index (χ3v) is 7.94. The number of nitrogens with one attached hydrogen (secondary N) is 1. The molecule has 1 aliphatic heterocycles. The predicted molar refractivity (Wildman–Crippen MR) is 160 cm³/mol. The fourth-order valence-corrected chi connectivity index (χ4v) is 5.53. The van der Waals surface area contributed by atoms with Crippen LogP contribution in [0, 0.1) is 0 Å². The smallest absolute Gasteiger partial charge is 0.244 e. The van der Waals surface area contributed by atoms with Crippen molar-refractivity contribution in [2.45, 2.75) is 32.4 Å². The summed E-state index contributed by atoms with van der Waals surface area (Å²) in [6.07, 6.45) is 2.01. The van der Waals surface area contributed by atoms with Gasteiger partial charge in [0.15, 0.2) is 11.5 Å². The molecule has 0 aliphatic carbocycles. The van der Waals surface area contributed by atoms with E-state index in [4.69, 9.17) is 14.2 Å². The molecule has 0 saturated heterocycles. The van der Waals surface area contributed by atoms with Crippen LogP contribution in [0.5, 0.6) is 17.2 Å². The summed E-state index contributed by atoms with van der Waals surface area (Å²) in [4.78, 5) is 29.2. The molecule has 10 nitrogen and oxygen atoms in total. The second-order valence-corrected chi connectivity index (χ2v) is 11.9. The number of methoxy groups -OCH3 is 1. The number of ether oxygens (including phenoxy) is 3. The molecule has 1 heterocycles. The zero-order chi connectivity index (χ0) is 30.1. The van der Waals surface area contributed by atoms with E-state index in [1.54, 1.807) is 43.5 Å². The minimum absolute atomic E-state index is 0.0613. The molecule has 0 radical (unpaired) electrons. The molecule has 0 saturated carbocycles. The number of anilines is 1. The number of benzene rings is 3. The number of amides is 2. The second kappa shape index (κ2) is 14.1. The molecular weight excluding hydrogens is 558 g/mol. The van der Waals surface area contributed by atoms with Gasteiger partial charge in [0, 0.05) is 25.6 Å². The van der Waals surface area contributed by atoms with Crippen molar-refractivity contribution in [2.75, 3.05) is 44.0 Å². The molecule has 3 aromatic carbocycles. The topological polar surface area (TPSA) is 114 Å². The van der Waals surface area contributed by atoms with E-state index in [0.29, 0.717) is 37.0 Å². The first-order valence-electron chi connectivity index (χ1n) is 13.8. The number of sulfonamides is 1. The Morgan fingerprint density at radius 2 is 1.67 bits per heavy atom. The Bertz CT molecular complexity index is 1480. The average Bonchev–Trinajstić information content (AvgIpc) is 3.00. The normalized spacial score (nSPS) is 13.1. The van der Waals surface area contributed by atoms with Crippen LogP contribution in [0.1, 0.15) is 24.5 Å². The number of hydrogen-bond acceptors (Lipinski definition) is 7. The van der Waals surface area contributed by atoms with Gasteiger partial charge in [-0.15, -0.1) is 0 Å². The van der Waals surface area contributed by atoms with E-state index in [2.05, 4.69) is 5.32 Å². The minimum atomic E-state index is -3.91. The maximum Gasteiger partial charge on any atom is 0.244 e. The third-order valence-electron chi connectivity index (χ3n) is 6.80. The van der Waals surface area contributed by atoms with Crippen LogP contribution in [0.4, 0.5) is 5.69 Å². The van der Waals surface area contributed by atoms with Crippen LogP contribution in [0.25, 0.3) is 0 Å². The summed E-state index contributed by atoms with van der Waals surface area (Å²) < 4.78 is 43.7. The van der Waals surface area contributed by atoms with Crippen molar-refractivity contribution < 1.29 is 32.2 Å². The number of carbonyl (C=O) groups excluding carboxylic acids is 2. The largest absolute Gasteiger partial charge is 0.497 e. The van der Waals surface area contributed by atoms with Gasteiger partial charge >= 0.3 is 0 Å². The van der Waals surface area contributed by atoms with Gasteiger partial charge in [0.05, 0.1) is 19.1 Å². The summed E-state index contributed by atoms with van der Waals surface area (Å²) in [5.41, 5.74) is 1.85. The van der Waals surface area contributed by atoms with Crippen molar-refractivity contribution in [3.05, 3.63) is 83.9 Å². The number of hydrogen-bond donors (Lipinski definition) is 1. The first-order valence-corrected chi connectivity index (χ1v) is 15.7. The lowest BCUT2D eigenvalue weighted by Crippen LogP contribution is -2.53. The summed E-state index contributed by atoms with van der Waals surface area (Å²) in [7, 11) is -2.36. The summed E-state index contributed by atoms with van der Waals surface area (Å²) in [6, 6.07) is 20.5. The number of nitrogens with zero attached hydrogens (tertiary/aromatic N) is 2.